The number of hydrogen-bond donors (Lipinski definition) is 2. The first-order valence-corrected chi connectivity index (χ1v) is 6.80. The predicted octanol–water partition coefficient (Wildman–Crippen LogP) is 0.265. The zero-order chi connectivity index (χ0) is 15.0. The molecule has 1 aliphatic rings. The molecule has 0 spiro atoms. The van der Waals surface area contributed by atoms with Crippen molar-refractivity contribution in [1.29, 1.82) is 0 Å². The highest BCUT2D eigenvalue weighted by molar-refractivity contribution is 5.86. The first kappa shape index (κ1) is 13.7. The Balaban J connectivity index is 1.82. The van der Waals surface area contributed by atoms with Crippen LogP contribution in [-0.4, -0.2) is 44.7 Å². The number of amides is 1. The number of rotatable bonds is 5. The molecule has 0 saturated heterocycles. The number of nitrogens with zero attached hydrogens (tertiary/aromatic N) is 4. The van der Waals surface area contributed by atoms with Gasteiger partial charge in [-0.15, -0.1) is 0 Å². The van der Waals surface area contributed by atoms with Crippen molar-refractivity contribution in [3.05, 3.63) is 12.7 Å². The molecule has 8 heteroatoms. The molecule has 2 heterocycles. The lowest BCUT2D eigenvalue weighted by Gasteiger charge is -2.20. The van der Waals surface area contributed by atoms with E-state index in [0.29, 0.717) is 23.6 Å². The average molecular weight is 290 g/mol. The van der Waals surface area contributed by atoms with E-state index in [1.165, 1.54) is 6.33 Å². The minimum Gasteiger partial charge on any atom is -0.382 e. The van der Waals surface area contributed by atoms with E-state index in [4.69, 9.17) is 10.5 Å². The number of nitrogen functional groups attached to an aromatic ring is 1. The zero-order valence-electron chi connectivity index (χ0n) is 12.0. The summed E-state index contributed by atoms with van der Waals surface area (Å²) in [4.78, 5) is 24.6. The van der Waals surface area contributed by atoms with E-state index in [1.807, 2.05) is 0 Å². The molecule has 0 radical (unpaired) electrons. The van der Waals surface area contributed by atoms with Gasteiger partial charge in [-0.3, -0.25) is 4.79 Å². The lowest BCUT2D eigenvalue weighted by Crippen LogP contribution is -2.43. The van der Waals surface area contributed by atoms with Crippen molar-refractivity contribution >= 4 is 22.9 Å². The minimum atomic E-state index is -0.432. The van der Waals surface area contributed by atoms with Gasteiger partial charge >= 0.3 is 0 Å². The summed E-state index contributed by atoms with van der Waals surface area (Å²) in [7, 11) is 1.64. The number of ether oxygens (including phenoxy) is 1. The van der Waals surface area contributed by atoms with Crippen molar-refractivity contribution < 1.29 is 9.53 Å². The fraction of sp³-hybridized carbons (Fsp3) is 0.538. The Kier molecular flexibility index (Phi) is 3.25. The average Bonchev–Trinajstić information content (AvgIpc) is 3.06. The van der Waals surface area contributed by atoms with Gasteiger partial charge in [0.2, 0.25) is 5.91 Å². The Hall–Kier alpha value is -2.22. The first-order valence-electron chi connectivity index (χ1n) is 6.80. The summed E-state index contributed by atoms with van der Waals surface area (Å²) in [5.74, 6) is 0.227. The van der Waals surface area contributed by atoms with Crippen LogP contribution >= 0.6 is 0 Å². The molecular formula is C13H18N6O2. The summed E-state index contributed by atoms with van der Waals surface area (Å²) in [5.41, 5.74) is 6.62. The van der Waals surface area contributed by atoms with Gasteiger partial charge in [-0.1, -0.05) is 0 Å². The van der Waals surface area contributed by atoms with Crippen LogP contribution in [0.2, 0.25) is 0 Å². The Morgan fingerprint density at radius 2 is 2.29 bits per heavy atom. The molecule has 8 nitrogen and oxygen atoms in total. The molecule has 3 rings (SSSR count). The SMILES string of the molecule is COCC1(NC(=O)C(C)n2cnc3c(N)ncnc32)CC1. The molecule has 1 amide bonds. The second-order valence-corrected chi connectivity index (χ2v) is 5.46. The lowest BCUT2D eigenvalue weighted by molar-refractivity contribution is -0.125. The molecule has 1 unspecified atom stereocenters. The molecule has 2 aromatic rings. The van der Waals surface area contributed by atoms with Gasteiger partial charge in [0, 0.05) is 7.11 Å². The summed E-state index contributed by atoms with van der Waals surface area (Å²) >= 11 is 0. The van der Waals surface area contributed by atoms with Gasteiger partial charge in [0.05, 0.1) is 18.5 Å². The van der Waals surface area contributed by atoms with E-state index in [0.717, 1.165) is 12.8 Å². The quantitative estimate of drug-likeness (QED) is 0.818. The van der Waals surface area contributed by atoms with E-state index in [9.17, 15) is 4.79 Å². The van der Waals surface area contributed by atoms with Crippen molar-refractivity contribution in [3.63, 3.8) is 0 Å². The summed E-state index contributed by atoms with van der Waals surface area (Å²) in [6.07, 6.45) is 4.82. The number of fused-ring (bicyclic) bond motifs is 1. The minimum absolute atomic E-state index is 0.0824. The van der Waals surface area contributed by atoms with Gasteiger partial charge < -0.3 is 20.4 Å². The van der Waals surface area contributed by atoms with Crippen molar-refractivity contribution in [2.75, 3.05) is 19.5 Å². The third-order valence-electron chi connectivity index (χ3n) is 3.85. The normalized spacial score (nSPS) is 17.6. The van der Waals surface area contributed by atoms with Crippen LogP contribution < -0.4 is 11.1 Å². The highest BCUT2D eigenvalue weighted by Crippen LogP contribution is 2.36. The molecule has 0 aromatic carbocycles. The molecule has 1 aliphatic carbocycles. The molecule has 0 aliphatic heterocycles. The van der Waals surface area contributed by atoms with Gasteiger partial charge in [0.15, 0.2) is 11.5 Å². The van der Waals surface area contributed by atoms with Crippen LogP contribution in [0.4, 0.5) is 5.82 Å². The zero-order valence-corrected chi connectivity index (χ0v) is 12.0. The molecule has 2 aromatic heterocycles. The predicted molar refractivity (Wildman–Crippen MR) is 76.4 cm³/mol. The number of imidazole rings is 1. The topological polar surface area (TPSA) is 108 Å². The van der Waals surface area contributed by atoms with Crippen LogP contribution in [0.5, 0.6) is 0 Å². The van der Waals surface area contributed by atoms with Crippen molar-refractivity contribution in [2.24, 2.45) is 0 Å². The van der Waals surface area contributed by atoms with Gasteiger partial charge in [-0.25, -0.2) is 15.0 Å². The second kappa shape index (κ2) is 4.96. The van der Waals surface area contributed by atoms with E-state index in [1.54, 1.807) is 24.9 Å². The Morgan fingerprint density at radius 1 is 1.52 bits per heavy atom. The van der Waals surface area contributed by atoms with E-state index < -0.39 is 6.04 Å². The van der Waals surface area contributed by atoms with E-state index in [-0.39, 0.29) is 11.4 Å². The maximum absolute atomic E-state index is 12.4. The molecule has 1 saturated carbocycles. The number of carbonyl (C=O) groups excluding carboxylic acids is 1. The Morgan fingerprint density at radius 3 is 2.95 bits per heavy atom. The van der Waals surface area contributed by atoms with Crippen LogP contribution in [0.1, 0.15) is 25.8 Å². The number of anilines is 1. The molecule has 1 fully saturated rings. The maximum Gasteiger partial charge on any atom is 0.243 e. The highest BCUT2D eigenvalue weighted by atomic mass is 16.5. The fourth-order valence-corrected chi connectivity index (χ4v) is 2.38. The fourth-order valence-electron chi connectivity index (χ4n) is 2.38. The number of methoxy groups -OCH3 is 1. The van der Waals surface area contributed by atoms with Crippen molar-refractivity contribution in [1.82, 2.24) is 24.8 Å². The molecule has 21 heavy (non-hydrogen) atoms. The van der Waals surface area contributed by atoms with Crippen LogP contribution in [0.3, 0.4) is 0 Å². The van der Waals surface area contributed by atoms with Crippen LogP contribution in [0.15, 0.2) is 12.7 Å². The summed E-state index contributed by atoms with van der Waals surface area (Å²) < 4.78 is 6.86. The van der Waals surface area contributed by atoms with Gasteiger partial charge in [-0.05, 0) is 19.8 Å². The van der Waals surface area contributed by atoms with Crippen molar-refractivity contribution in [2.45, 2.75) is 31.3 Å². The van der Waals surface area contributed by atoms with E-state index >= 15 is 0 Å². The number of aromatic nitrogens is 4. The summed E-state index contributed by atoms with van der Waals surface area (Å²) in [5, 5.41) is 3.05. The van der Waals surface area contributed by atoms with Gasteiger partial charge in [0.1, 0.15) is 17.9 Å². The Labute approximate surface area is 121 Å². The summed E-state index contributed by atoms with van der Waals surface area (Å²) in [6, 6.07) is -0.432. The molecule has 3 N–H and O–H groups in total. The summed E-state index contributed by atoms with van der Waals surface area (Å²) in [6.45, 7) is 2.34. The number of nitrogens with one attached hydrogen (secondary N) is 1. The number of carbonyl (C=O) groups is 1. The first-order chi connectivity index (χ1) is 10.1. The number of nitrogens with two attached hydrogens (primary N) is 1. The van der Waals surface area contributed by atoms with Gasteiger partial charge in [-0.2, -0.15) is 0 Å². The number of hydrogen-bond acceptors (Lipinski definition) is 6. The largest absolute Gasteiger partial charge is 0.382 e. The molecule has 0 bridgehead atoms. The van der Waals surface area contributed by atoms with Gasteiger partial charge in [0.25, 0.3) is 0 Å². The standard InChI is InChI=1S/C13H18N6O2/c1-8(12(20)18-13(3-4-13)5-21-2)19-7-17-9-10(14)15-6-16-11(9)19/h6-8H,3-5H2,1-2H3,(H,18,20)(H2,14,15,16). The smallest absolute Gasteiger partial charge is 0.243 e. The van der Waals surface area contributed by atoms with Crippen molar-refractivity contribution in [3.8, 4) is 0 Å². The van der Waals surface area contributed by atoms with E-state index in [2.05, 4.69) is 20.3 Å². The lowest BCUT2D eigenvalue weighted by atomic mass is 10.2. The maximum atomic E-state index is 12.4. The Bertz CT molecular complexity index is 678. The third-order valence-corrected chi connectivity index (χ3v) is 3.85. The van der Waals surface area contributed by atoms with Crippen LogP contribution in [0.25, 0.3) is 11.2 Å². The third kappa shape index (κ3) is 2.42. The monoisotopic (exact) mass is 290 g/mol. The van der Waals surface area contributed by atoms with Crippen LogP contribution in [0, 0.1) is 0 Å². The second-order valence-electron chi connectivity index (χ2n) is 5.46. The molecular weight excluding hydrogens is 272 g/mol. The van der Waals surface area contributed by atoms with Crippen LogP contribution in [-0.2, 0) is 9.53 Å². The molecule has 112 valence electrons. The highest BCUT2D eigenvalue weighted by Gasteiger charge is 2.44. The molecule has 1 atom stereocenters.